The van der Waals surface area contributed by atoms with Gasteiger partial charge in [-0.05, 0) is 53.1 Å². The Bertz CT molecular complexity index is 615. The minimum absolute atomic E-state index is 0.497. The number of hydrogen-bond acceptors (Lipinski definition) is 1. The van der Waals surface area contributed by atoms with Crippen LogP contribution in [0.25, 0.3) is 0 Å². The number of benzene rings is 1. The van der Waals surface area contributed by atoms with Gasteiger partial charge >= 0.3 is 6.18 Å². The summed E-state index contributed by atoms with van der Waals surface area (Å²) < 4.78 is 40.7. The van der Waals surface area contributed by atoms with Crippen LogP contribution >= 0.6 is 22.6 Å². The zero-order chi connectivity index (χ0) is 15.6. The highest BCUT2D eigenvalue weighted by Crippen LogP contribution is 2.29. The highest BCUT2D eigenvalue weighted by molar-refractivity contribution is 14.1. The van der Waals surface area contributed by atoms with Crippen LogP contribution in [0, 0.1) is 3.57 Å². The van der Waals surface area contributed by atoms with Crippen LogP contribution < -0.4 is 0 Å². The summed E-state index contributed by atoms with van der Waals surface area (Å²) in [4.78, 5) is 0. The molecule has 1 aromatic carbocycles. The largest absolute Gasteiger partial charge is 0.416 e. The van der Waals surface area contributed by atoms with E-state index in [9.17, 15) is 13.2 Å². The standard InChI is InChI=1S/C15H16F3IN2/c1-3-12-14(19)13(4-2)21(20-12)9-10-5-7-11(8-6-10)15(16,17)18/h5-8H,3-4,9H2,1-2H3. The molecule has 6 heteroatoms. The van der Waals surface area contributed by atoms with Crippen LogP contribution in [0.15, 0.2) is 24.3 Å². The molecule has 21 heavy (non-hydrogen) atoms. The monoisotopic (exact) mass is 408 g/mol. The lowest BCUT2D eigenvalue weighted by atomic mass is 10.1. The Hall–Kier alpha value is -1.05. The van der Waals surface area contributed by atoms with Crippen molar-refractivity contribution in [3.8, 4) is 0 Å². The third kappa shape index (κ3) is 3.59. The maximum Gasteiger partial charge on any atom is 0.416 e. The van der Waals surface area contributed by atoms with Gasteiger partial charge in [-0.3, -0.25) is 4.68 Å². The van der Waals surface area contributed by atoms with E-state index in [1.54, 1.807) is 0 Å². The molecule has 0 unspecified atom stereocenters. The van der Waals surface area contributed by atoms with Crippen LogP contribution in [0.5, 0.6) is 0 Å². The highest BCUT2D eigenvalue weighted by atomic mass is 127. The van der Waals surface area contributed by atoms with Crippen LogP contribution in [-0.4, -0.2) is 9.78 Å². The van der Waals surface area contributed by atoms with Crippen molar-refractivity contribution < 1.29 is 13.2 Å². The fraction of sp³-hybridized carbons (Fsp3) is 0.400. The van der Waals surface area contributed by atoms with Gasteiger partial charge in [-0.1, -0.05) is 26.0 Å². The van der Waals surface area contributed by atoms with Gasteiger partial charge < -0.3 is 0 Å². The third-order valence-corrected chi connectivity index (χ3v) is 4.59. The Morgan fingerprint density at radius 3 is 2.19 bits per heavy atom. The number of alkyl halides is 3. The molecule has 0 spiro atoms. The maximum atomic E-state index is 12.5. The Kier molecular flexibility index (Phi) is 4.95. The van der Waals surface area contributed by atoms with E-state index < -0.39 is 11.7 Å². The summed E-state index contributed by atoms with van der Waals surface area (Å²) in [5, 5.41) is 4.55. The van der Waals surface area contributed by atoms with Crippen molar-refractivity contribution in [2.24, 2.45) is 0 Å². The van der Waals surface area contributed by atoms with Gasteiger partial charge in [-0.25, -0.2) is 0 Å². The van der Waals surface area contributed by atoms with Gasteiger partial charge in [-0.15, -0.1) is 0 Å². The average Bonchev–Trinajstić information content (AvgIpc) is 2.73. The zero-order valence-corrected chi connectivity index (χ0v) is 14.0. The lowest BCUT2D eigenvalue weighted by Gasteiger charge is -2.09. The molecule has 0 amide bonds. The van der Waals surface area contributed by atoms with Gasteiger partial charge in [0.05, 0.1) is 27.1 Å². The first-order valence-electron chi connectivity index (χ1n) is 6.77. The number of aromatic nitrogens is 2. The lowest BCUT2D eigenvalue weighted by molar-refractivity contribution is -0.137. The van der Waals surface area contributed by atoms with E-state index in [0.29, 0.717) is 6.54 Å². The second kappa shape index (κ2) is 6.37. The van der Waals surface area contributed by atoms with Crippen LogP contribution in [0.3, 0.4) is 0 Å². The molecule has 1 aromatic heterocycles. The summed E-state index contributed by atoms with van der Waals surface area (Å²) in [5.41, 5.74) is 2.37. The fourth-order valence-corrected chi connectivity index (χ4v) is 3.35. The molecule has 0 aliphatic carbocycles. The molecular weight excluding hydrogens is 392 g/mol. The van der Waals surface area contributed by atoms with Crippen molar-refractivity contribution in [2.75, 3.05) is 0 Å². The van der Waals surface area contributed by atoms with E-state index in [0.717, 1.165) is 45.5 Å². The number of halogens is 4. The Morgan fingerprint density at radius 2 is 1.71 bits per heavy atom. The molecule has 2 nitrogen and oxygen atoms in total. The Labute approximate surface area is 135 Å². The summed E-state index contributed by atoms with van der Waals surface area (Å²) in [5.74, 6) is 0. The predicted octanol–water partition coefficient (Wildman–Crippen LogP) is 4.68. The molecular formula is C15H16F3IN2. The van der Waals surface area contributed by atoms with Gasteiger partial charge in [-0.2, -0.15) is 18.3 Å². The van der Waals surface area contributed by atoms with E-state index >= 15 is 0 Å². The topological polar surface area (TPSA) is 17.8 Å². The van der Waals surface area contributed by atoms with Crippen molar-refractivity contribution in [2.45, 2.75) is 39.4 Å². The molecule has 0 bridgehead atoms. The van der Waals surface area contributed by atoms with E-state index in [2.05, 4.69) is 34.6 Å². The molecule has 0 aliphatic rings. The van der Waals surface area contributed by atoms with Crippen molar-refractivity contribution >= 4 is 22.6 Å². The zero-order valence-electron chi connectivity index (χ0n) is 11.8. The molecule has 1 heterocycles. The van der Waals surface area contributed by atoms with E-state index in [1.165, 1.54) is 12.1 Å². The van der Waals surface area contributed by atoms with E-state index in [4.69, 9.17) is 0 Å². The quantitative estimate of drug-likeness (QED) is 0.672. The molecule has 0 aliphatic heterocycles. The van der Waals surface area contributed by atoms with Crippen LogP contribution in [0.1, 0.15) is 36.4 Å². The van der Waals surface area contributed by atoms with Gasteiger partial charge in [0.2, 0.25) is 0 Å². The molecule has 0 N–H and O–H groups in total. The summed E-state index contributed by atoms with van der Waals surface area (Å²) >= 11 is 2.29. The molecule has 114 valence electrons. The second-order valence-electron chi connectivity index (χ2n) is 4.77. The first-order chi connectivity index (χ1) is 9.86. The van der Waals surface area contributed by atoms with Gasteiger partial charge in [0, 0.05) is 0 Å². The van der Waals surface area contributed by atoms with Crippen LogP contribution in [-0.2, 0) is 25.6 Å². The number of nitrogens with zero attached hydrogens (tertiary/aromatic N) is 2. The molecule has 2 aromatic rings. The van der Waals surface area contributed by atoms with Crippen molar-refractivity contribution in [1.82, 2.24) is 9.78 Å². The van der Waals surface area contributed by atoms with Gasteiger partial charge in [0.25, 0.3) is 0 Å². The first-order valence-corrected chi connectivity index (χ1v) is 7.84. The van der Waals surface area contributed by atoms with Crippen molar-refractivity contribution in [3.63, 3.8) is 0 Å². The number of rotatable bonds is 4. The Balaban J connectivity index is 2.26. The molecule has 0 saturated carbocycles. The van der Waals surface area contributed by atoms with E-state index in [1.807, 2.05) is 11.6 Å². The maximum absolute atomic E-state index is 12.5. The van der Waals surface area contributed by atoms with Gasteiger partial charge in [0.1, 0.15) is 0 Å². The highest BCUT2D eigenvalue weighted by Gasteiger charge is 2.29. The van der Waals surface area contributed by atoms with Gasteiger partial charge in [0.15, 0.2) is 0 Å². The third-order valence-electron chi connectivity index (χ3n) is 3.34. The fourth-order valence-electron chi connectivity index (χ4n) is 2.20. The SMILES string of the molecule is CCc1nn(Cc2ccc(C(F)(F)F)cc2)c(CC)c1I. The first kappa shape index (κ1) is 16.3. The number of aryl methyl sites for hydroxylation is 1. The summed E-state index contributed by atoms with van der Waals surface area (Å²) in [6, 6.07) is 5.27. The van der Waals surface area contributed by atoms with Crippen LogP contribution in [0.4, 0.5) is 13.2 Å². The molecule has 0 fully saturated rings. The smallest absolute Gasteiger partial charge is 0.264 e. The Morgan fingerprint density at radius 1 is 1.10 bits per heavy atom. The molecule has 0 radical (unpaired) electrons. The predicted molar refractivity (Wildman–Crippen MR) is 84.2 cm³/mol. The lowest BCUT2D eigenvalue weighted by Crippen LogP contribution is -2.08. The normalized spacial score (nSPS) is 11.9. The minimum atomic E-state index is -4.29. The van der Waals surface area contributed by atoms with Crippen LogP contribution in [0.2, 0.25) is 0 Å². The average molecular weight is 408 g/mol. The second-order valence-corrected chi connectivity index (χ2v) is 5.85. The van der Waals surface area contributed by atoms with Crippen molar-refractivity contribution in [1.29, 1.82) is 0 Å². The van der Waals surface area contributed by atoms with Crippen molar-refractivity contribution in [3.05, 3.63) is 50.4 Å². The molecule has 0 atom stereocenters. The molecule has 2 rings (SSSR count). The minimum Gasteiger partial charge on any atom is -0.264 e. The molecule has 0 saturated heterocycles. The number of hydrogen-bond donors (Lipinski definition) is 0. The van der Waals surface area contributed by atoms with E-state index in [-0.39, 0.29) is 0 Å². The summed E-state index contributed by atoms with van der Waals surface area (Å²) in [6.07, 6.45) is -2.58. The summed E-state index contributed by atoms with van der Waals surface area (Å²) in [6.45, 7) is 4.60. The summed E-state index contributed by atoms with van der Waals surface area (Å²) in [7, 11) is 0.